The standard InChI is InChI=1S/C17H26N2/c1-12-9-13(2)16-14(7-8-18-17(3,4)5)11-19(6)15(16)10-12/h9-11,18H,7-8H2,1-6H3. The van der Waals surface area contributed by atoms with Crippen LogP contribution in [0.4, 0.5) is 0 Å². The summed E-state index contributed by atoms with van der Waals surface area (Å²) in [7, 11) is 2.14. The number of aryl methyl sites for hydroxylation is 3. The third-order valence-electron chi connectivity index (χ3n) is 3.56. The SMILES string of the molecule is Cc1cc(C)c2c(CCNC(C)(C)C)cn(C)c2c1. The van der Waals surface area contributed by atoms with Crippen LogP contribution >= 0.6 is 0 Å². The number of rotatable bonds is 3. The fourth-order valence-electron chi connectivity index (χ4n) is 2.77. The maximum atomic E-state index is 3.57. The van der Waals surface area contributed by atoms with Gasteiger partial charge in [0.05, 0.1) is 0 Å². The van der Waals surface area contributed by atoms with Gasteiger partial charge in [-0.3, -0.25) is 0 Å². The summed E-state index contributed by atoms with van der Waals surface area (Å²) in [6.45, 7) is 12.0. The zero-order valence-corrected chi connectivity index (χ0v) is 13.1. The molecule has 0 unspecified atom stereocenters. The fraction of sp³-hybridized carbons (Fsp3) is 0.529. The maximum Gasteiger partial charge on any atom is 0.0485 e. The molecular formula is C17H26N2. The van der Waals surface area contributed by atoms with Crippen LogP contribution in [0.25, 0.3) is 10.9 Å². The normalized spacial score (nSPS) is 12.3. The molecule has 104 valence electrons. The Bertz CT molecular complexity index is 585. The molecule has 1 aromatic heterocycles. The second-order valence-corrected chi connectivity index (χ2v) is 6.67. The van der Waals surface area contributed by atoms with Gasteiger partial charge < -0.3 is 9.88 Å². The Morgan fingerprint density at radius 1 is 1.16 bits per heavy atom. The van der Waals surface area contributed by atoms with Gasteiger partial charge in [0.2, 0.25) is 0 Å². The highest BCUT2D eigenvalue weighted by atomic mass is 14.9. The summed E-state index contributed by atoms with van der Waals surface area (Å²) in [5.74, 6) is 0. The minimum atomic E-state index is 0.191. The third-order valence-corrected chi connectivity index (χ3v) is 3.56. The van der Waals surface area contributed by atoms with Crippen molar-refractivity contribution in [3.05, 3.63) is 35.0 Å². The Kier molecular flexibility index (Phi) is 3.73. The molecule has 0 amide bonds. The van der Waals surface area contributed by atoms with Crippen molar-refractivity contribution < 1.29 is 0 Å². The molecule has 0 spiro atoms. The Balaban J connectivity index is 2.29. The molecule has 0 aliphatic rings. The predicted molar refractivity (Wildman–Crippen MR) is 83.9 cm³/mol. The van der Waals surface area contributed by atoms with Gasteiger partial charge in [-0.05, 0) is 70.3 Å². The first-order valence-electron chi connectivity index (χ1n) is 7.08. The van der Waals surface area contributed by atoms with Crippen LogP contribution in [0.2, 0.25) is 0 Å². The van der Waals surface area contributed by atoms with Crippen molar-refractivity contribution in [1.29, 1.82) is 0 Å². The molecule has 0 atom stereocenters. The van der Waals surface area contributed by atoms with Gasteiger partial charge in [-0.25, -0.2) is 0 Å². The largest absolute Gasteiger partial charge is 0.350 e. The Labute approximate surface area is 116 Å². The predicted octanol–water partition coefficient (Wildman–Crippen LogP) is 3.73. The van der Waals surface area contributed by atoms with E-state index in [0.29, 0.717) is 0 Å². The van der Waals surface area contributed by atoms with Crippen LogP contribution in [-0.2, 0) is 13.5 Å². The van der Waals surface area contributed by atoms with Gasteiger partial charge in [0.25, 0.3) is 0 Å². The summed E-state index contributed by atoms with van der Waals surface area (Å²) >= 11 is 0. The van der Waals surface area contributed by atoms with E-state index in [1.807, 2.05) is 0 Å². The fourth-order valence-corrected chi connectivity index (χ4v) is 2.77. The summed E-state index contributed by atoms with van der Waals surface area (Å²) < 4.78 is 2.25. The van der Waals surface area contributed by atoms with Gasteiger partial charge in [-0.15, -0.1) is 0 Å². The van der Waals surface area contributed by atoms with Gasteiger partial charge in [0.1, 0.15) is 0 Å². The van der Waals surface area contributed by atoms with E-state index in [1.165, 1.54) is 27.6 Å². The van der Waals surface area contributed by atoms with Crippen LogP contribution in [0.5, 0.6) is 0 Å². The Morgan fingerprint density at radius 2 is 1.84 bits per heavy atom. The number of benzene rings is 1. The van der Waals surface area contributed by atoms with Crippen molar-refractivity contribution in [2.24, 2.45) is 7.05 Å². The molecule has 1 N–H and O–H groups in total. The summed E-state index contributed by atoms with van der Waals surface area (Å²) in [4.78, 5) is 0. The lowest BCUT2D eigenvalue weighted by atomic mass is 10.0. The van der Waals surface area contributed by atoms with Crippen LogP contribution in [0.1, 0.15) is 37.5 Å². The van der Waals surface area contributed by atoms with Gasteiger partial charge >= 0.3 is 0 Å². The van der Waals surface area contributed by atoms with E-state index in [9.17, 15) is 0 Å². The van der Waals surface area contributed by atoms with Crippen LogP contribution in [0, 0.1) is 13.8 Å². The third kappa shape index (κ3) is 3.19. The van der Waals surface area contributed by atoms with Crippen molar-refractivity contribution in [3.63, 3.8) is 0 Å². The zero-order valence-electron chi connectivity index (χ0n) is 13.1. The lowest BCUT2D eigenvalue weighted by molar-refractivity contribution is 0.430. The molecule has 0 radical (unpaired) electrons. The lowest BCUT2D eigenvalue weighted by Gasteiger charge is -2.20. The van der Waals surface area contributed by atoms with Gasteiger partial charge in [0.15, 0.2) is 0 Å². The second-order valence-electron chi connectivity index (χ2n) is 6.67. The van der Waals surface area contributed by atoms with Crippen LogP contribution < -0.4 is 5.32 Å². The highest BCUT2D eigenvalue weighted by Gasteiger charge is 2.12. The molecule has 0 saturated heterocycles. The number of nitrogens with one attached hydrogen (secondary N) is 1. The molecule has 1 heterocycles. The van der Waals surface area contributed by atoms with E-state index >= 15 is 0 Å². The first-order chi connectivity index (χ1) is 8.78. The molecule has 2 nitrogen and oxygen atoms in total. The van der Waals surface area contributed by atoms with Crippen molar-refractivity contribution in [2.45, 2.75) is 46.6 Å². The molecule has 0 fully saturated rings. The van der Waals surface area contributed by atoms with E-state index in [1.54, 1.807) is 0 Å². The van der Waals surface area contributed by atoms with Gasteiger partial charge in [-0.1, -0.05) is 6.07 Å². The van der Waals surface area contributed by atoms with Crippen LogP contribution in [0.3, 0.4) is 0 Å². The molecule has 1 aromatic carbocycles. The van der Waals surface area contributed by atoms with Crippen molar-refractivity contribution in [1.82, 2.24) is 9.88 Å². The second kappa shape index (κ2) is 5.01. The Hall–Kier alpha value is -1.28. The molecule has 2 heteroatoms. The summed E-state index contributed by atoms with van der Waals surface area (Å²) in [6, 6.07) is 4.56. The Morgan fingerprint density at radius 3 is 2.47 bits per heavy atom. The quantitative estimate of drug-likeness (QED) is 0.887. The zero-order chi connectivity index (χ0) is 14.2. The monoisotopic (exact) mass is 258 g/mol. The summed E-state index contributed by atoms with van der Waals surface area (Å²) in [5.41, 5.74) is 5.72. The van der Waals surface area contributed by atoms with E-state index in [-0.39, 0.29) is 5.54 Å². The number of nitrogens with zero attached hydrogens (tertiary/aromatic N) is 1. The van der Waals surface area contributed by atoms with Gasteiger partial charge in [-0.2, -0.15) is 0 Å². The van der Waals surface area contributed by atoms with E-state index in [4.69, 9.17) is 0 Å². The first kappa shape index (κ1) is 14.1. The number of hydrogen-bond acceptors (Lipinski definition) is 1. The maximum absolute atomic E-state index is 3.57. The van der Waals surface area contributed by atoms with E-state index in [2.05, 4.69) is 69.9 Å². The average Bonchev–Trinajstić information content (AvgIpc) is 2.54. The van der Waals surface area contributed by atoms with Crippen molar-refractivity contribution in [3.8, 4) is 0 Å². The highest BCUT2D eigenvalue weighted by molar-refractivity contribution is 5.87. The molecule has 0 aliphatic carbocycles. The first-order valence-corrected chi connectivity index (χ1v) is 7.08. The molecule has 19 heavy (non-hydrogen) atoms. The smallest absolute Gasteiger partial charge is 0.0485 e. The van der Waals surface area contributed by atoms with Crippen LogP contribution in [-0.4, -0.2) is 16.7 Å². The average molecular weight is 258 g/mol. The van der Waals surface area contributed by atoms with Crippen molar-refractivity contribution >= 4 is 10.9 Å². The van der Waals surface area contributed by atoms with E-state index in [0.717, 1.165) is 13.0 Å². The highest BCUT2D eigenvalue weighted by Crippen LogP contribution is 2.26. The molecule has 0 saturated carbocycles. The minimum absolute atomic E-state index is 0.191. The molecule has 0 bridgehead atoms. The number of aromatic nitrogens is 1. The summed E-state index contributed by atoms with van der Waals surface area (Å²) in [6.07, 6.45) is 3.36. The molecule has 2 rings (SSSR count). The minimum Gasteiger partial charge on any atom is -0.350 e. The lowest BCUT2D eigenvalue weighted by Crippen LogP contribution is -2.37. The van der Waals surface area contributed by atoms with Crippen molar-refractivity contribution in [2.75, 3.05) is 6.54 Å². The number of fused-ring (bicyclic) bond motifs is 1. The topological polar surface area (TPSA) is 17.0 Å². The van der Waals surface area contributed by atoms with E-state index < -0.39 is 0 Å². The molecule has 2 aromatic rings. The summed E-state index contributed by atoms with van der Waals surface area (Å²) in [5, 5.41) is 5.00. The van der Waals surface area contributed by atoms with Crippen LogP contribution in [0.15, 0.2) is 18.3 Å². The van der Waals surface area contributed by atoms with Gasteiger partial charge in [0, 0.05) is 29.7 Å². The molecular weight excluding hydrogens is 232 g/mol. The number of hydrogen-bond donors (Lipinski definition) is 1. The molecule has 0 aliphatic heterocycles.